The van der Waals surface area contributed by atoms with Crippen molar-refractivity contribution in [1.29, 1.82) is 5.41 Å². The van der Waals surface area contributed by atoms with Crippen LogP contribution in [0, 0.1) is 5.41 Å². The van der Waals surface area contributed by atoms with Crippen molar-refractivity contribution < 1.29 is 4.74 Å². The lowest BCUT2D eigenvalue weighted by Crippen LogP contribution is -2.29. The number of amidine groups is 1. The third-order valence-electron chi connectivity index (χ3n) is 2.26. The molecule has 0 fully saturated rings. The van der Waals surface area contributed by atoms with Gasteiger partial charge in [-0.15, -0.1) is 0 Å². The molecular formula is C12H16N2O. The quantitative estimate of drug-likeness (QED) is 0.738. The first-order chi connectivity index (χ1) is 6.97. The first kappa shape index (κ1) is 10.2. The van der Waals surface area contributed by atoms with Crippen LogP contribution in [-0.4, -0.2) is 11.4 Å². The first-order valence-corrected chi connectivity index (χ1v) is 5.09. The number of rotatable bonds is 1. The predicted octanol–water partition coefficient (Wildman–Crippen LogP) is 2.43. The third kappa shape index (κ3) is 2.02. The van der Waals surface area contributed by atoms with E-state index in [0.29, 0.717) is 5.84 Å². The topological polar surface area (TPSA) is 45.1 Å². The standard InChI is InChI=1S/C12H16N2O/c1-12(2,3)15-11-9-7-5-4-6-8(9)10(13)14-11/h4-7,11H,1-3H3,(H2,13,14). The lowest BCUT2D eigenvalue weighted by molar-refractivity contribution is -0.0661. The highest BCUT2D eigenvalue weighted by Gasteiger charge is 2.29. The third-order valence-corrected chi connectivity index (χ3v) is 2.26. The fourth-order valence-corrected chi connectivity index (χ4v) is 1.69. The average molecular weight is 204 g/mol. The summed E-state index contributed by atoms with van der Waals surface area (Å²) < 4.78 is 5.84. The molecule has 1 aliphatic heterocycles. The first-order valence-electron chi connectivity index (χ1n) is 5.09. The number of benzene rings is 1. The minimum Gasteiger partial charge on any atom is -0.349 e. The summed E-state index contributed by atoms with van der Waals surface area (Å²) in [6.07, 6.45) is -0.186. The molecule has 0 aromatic heterocycles. The molecule has 1 atom stereocenters. The molecule has 0 amide bonds. The molecule has 0 saturated heterocycles. The summed E-state index contributed by atoms with van der Waals surface area (Å²) in [5.41, 5.74) is 1.78. The summed E-state index contributed by atoms with van der Waals surface area (Å²) in [7, 11) is 0. The van der Waals surface area contributed by atoms with Crippen molar-refractivity contribution >= 4 is 5.84 Å². The number of fused-ring (bicyclic) bond motifs is 1. The maximum absolute atomic E-state index is 7.78. The summed E-state index contributed by atoms with van der Waals surface area (Å²) >= 11 is 0. The van der Waals surface area contributed by atoms with Gasteiger partial charge in [-0.1, -0.05) is 24.3 Å². The zero-order chi connectivity index (χ0) is 11.1. The molecule has 80 valence electrons. The van der Waals surface area contributed by atoms with Crippen molar-refractivity contribution in [3.05, 3.63) is 35.4 Å². The molecule has 0 saturated carbocycles. The van der Waals surface area contributed by atoms with Crippen molar-refractivity contribution in [1.82, 2.24) is 5.32 Å². The molecule has 0 aliphatic carbocycles. The Balaban J connectivity index is 2.29. The fraction of sp³-hybridized carbons (Fsp3) is 0.417. The van der Waals surface area contributed by atoms with Gasteiger partial charge in [-0.25, -0.2) is 0 Å². The molecule has 0 radical (unpaired) electrons. The van der Waals surface area contributed by atoms with E-state index in [1.54, 1.807) is 0 Å². The summed E-state index contributed by atoms with van der Waals surface area (Å²) in [6, 6.07) is 7.85. The Kier molecular flexibility index (Phi) is 2.27. The average Bonchev–Trinajstić information content (AvgIpc) is 2.42. The van der Waals surface area contributed by atoms with Crippen LogP contribution < -0.4 is 5.32 Å². The molecule has 3 nitrogen and oxygen atoms in total. The van der Waals surface area contributed by atoms with E-state index in [1.165, 1.54) is 0 Å². The van der Waals surface area contributed by atoms with Crippen molar-refractivity contribution in [2.24, 2.45) is 0 Å². The van der Waals surface area contributed by atoms with Crippen molar-refractivity contribution in [3.63, 3.8) is 0 Å². The summed E-state index contributed by atoms with van der Waals surface area (Å²) in [5.74, 6) is 0.444. The van der Waals surface area contributed by atoms with Gasteiger partial charge in [0.05, 0.1) is 5.60 Å². The van der Waals surface area contributed by atoms with Crippen LogP contribution in [0.2, 0.25) is 0 Å². The van der Waals surface area contributed by atoms with Crippen LogP contribution in [0.4, 0.5) is 0 Å². The van der Waals surface area contributed by atoms with Gasteiger partial charge in [0.1, 0.15) is 5.84 Å². The molecule has 3 heteroatoms. The van der Waals surface area contributed by atoms with E-state index in [2.05, 4.69) is 5.32 Å². The van der Waals surface area contributed by atoms with Gasteiger partial charge in [-0.05, 0) is 20.8 Å². The van der Waals surface area contributed by atoms with Crippen molar-refractivity contribution in [3.8, 4) is 0 Å². The highest BCUT2D eigenvalue weighted by atomic mass is 16.5. The number of hydrogen-bond donors (Lipinski definition) is 2. The van der Waals surface area contributed by atoms with Crippen LogP contribution in [-0.2, 0) is 4.74 Å². The summed E-state index contributed by atoms with van der Waals surface area (Å²) in [4.78, 5) is 0. The number of ether oxygens (including phenoxy) is 1. The Hall–Kier alpha value is -1.35. The zero-order valence-corrected chi connectivity index (χ0v) is 9.29. The highest BCUT2D eigenvalue weighted by molar-refractivity contribution is 6.00. The Bertz CT molecular complexity index is 393. The molecule has 0 spiro atoms. The second-order valence-corrected chi connectivity index (χ2v) is 4.72. The van der Waals surface area contributed by atoms with Gasteiger partial charge in [0.25, 0.3) is 0 Å². The molecule has 1 aliphatic rings. The van der Waals surface area contributed by atoms with Gasteiger partial charge in [-0.2, -0.15) is 0 Å². The summed E-state index contributed by atoms with van der Waals surface area (Å²) in [6.45, 7) is 6.04. The van der Waals surface area contributed by atoms with Gasteiger partial charge in [0.15, 0.2) is 6.23 Å². The van der Waals surface area contributed by atoms with E-state index in [-0.39, 0.29) is 11.8 Å². The maximum atomic E-state index is 7.78. The highest BCUT2D eigenvalue weighted by Crippen LogP contribution is 2.29. The van der Waals surface area contributed by atoms with Gasteiger partial charge >= 0.3 is 0 Å². The van der Waals surface area contributed by atoms with E-state index in [1.807, 2.05) is 45.0 Å². The molecule has 0 bridgehead atoms. The van der Waals surface area contributed by atoms with E-state index in [0.717, 1.165) is 11.1 Å². The van der Waals surface area contributed by atoms with Crippen LogP contribution >= 0.6 is 0 Å². The molecule has 15 heavy (non-hydrogen) atoms. The molecule has 1 aromatic rings. The molecule has 2 N–H and O–H groups in total. The van der Waals surface area contributed by atoms with E-state index < -0.39 is 0 Å². The van der Waals surface area contributed by atoms with Gasteiger partial charge in [0, 0.05) is 11.1 Å². The lowest BCUT2D eigenvalue weighted by atomic mass is 10.1. The maximum Gasteiger partial charge on any atom is 0.156 e. The molecule has 1 aromatic carbocycles. The Morgan fingerprint density at radius 3 is 2.60 bits per heavy atom. The van der Waals surface area contributed by atoms with Crippen LogP contribution in [0.5, 0.6) is 0 Å². The van der Waals surface area contributed by atoms with Crippen LogP contribution in [0.3, 0.4) is 0 Å². The number of hydrogen-bond acceptors (Lipinski definition) is 2. The SMILES string of the molecule is CC(C)(C)OC1NC(=N)c2ccccc21. The van der Waals surface area contributed by atoms with Gasteiger partial charge < -0.3 is 10.1 Å². The molecule has 2 rings (SSSR count). The van der Waals surface area contributed by atoms with Crippen LogP contribution in [0.15, 0.2) is 24.3 Å². The minimum absolute atomic E-state index is 0.186. The van der Waals surface area contributed by atoms with Gasteiger partial charge in [-0.3, -0.25) is 5.41 Å². The molecule has 1 heterocycles. The molecular weight excluding hydrogens is 188 g/mol. The lowest BCUT2D eigenvalue weighted by Gasteiger charge is -2.25. The second-order valence-electron chi connectivity index (χ2n) is 4.72. The Morgan fingerprint density at radius 1 is 1.27 bits per heavy atom. The zero-order valence-electron chi connectivity index (χ0n) is 9.29. The fourth-order valence-electron chi connectivity index (χ4n) is 1.69. The second kappa shape index (κ2) is 3.35. The van der Waals surface area contributed by atoms with Crippen LogP contribution in [0.25, 0.3) is 0 Å². The molecule has 1 unspecified atom stereocenters. The monoisotopic (exact) mass is 204 g/mol. The number of nitrogens with one attached hydrogen (secondary N) is 2. The Morgan fingerprint density at radius 2 is 1.93 bits per heavy atom. The summed E-state index contributed by atoms with van der Waals surface area (Å²) in [5, 5.41) is 10.8. The van der Waals surface area contributed by atoms with Gasteiger partial charge in [0.2, 0.25) is 0 Å². The van der Waals surface area contributed by atoms with Crippen molar-refractivity contribution in [2.75, 3.05) is 0 Å². The van der Waals surface area contributed by atoms with E-state index >= 15 is 0 Å². The van der Waals surface area contributed by atoms with E-state index in [4.69, 9.17) is 10.1 Å². The smallest absolute Gasteiger partial charge is 0.156 e. The Labute approximate surface area is 90.0 Å². The van der Waals surface area contributed by atoms with Crippen LogP contribution in [0.1, 0.15) is 38.1 Å². The normalized spacial score (nSPS) is 19.9. The largest absolute Gasteiger partial charge is 0.349 e. The minimum atomic E-state index is -0.213. The van der Waals surface area contributed by atoms with Crippen molar-refractivity contribution in [2.45, 2.75) is 32.6 Å². The van der Waals surface area contributed by atoms with E-state index in [9.17, 15) is 0 Å². The predicted molar refractivity (Wildman–Crippen MR) is 60.0 cm³/mol.